The van der Waals surface area contributed by atoms with E-state index >= 15 is 0 Å². The summed E-state index contributed by atoms with van der Waals surface area (Å²) in [6, 6.07) is 13.7. The predicted octanol–water partition coefficient (Wildman–Crippen LogP) is 2.41. The zero-order valence-electron chi connectivity index (χ0n) is 13.0. The number of aromatic amines is 2. The first-order valence-corrected chi connectivity index (χ1v) is 7.64. The topological polar surface area (TPSA) is 77.8 Å². The third-order valence-corrected chi connectivity index (χ3v) is 3.95. The summed E-state index contributed by atoms with van der Waals surface area (Å²) in [5.74, 6) is 0.0240. The molecule has 3 rings (SSSR count). The van der Waals surface area contributed by atoms with Crippen molar-refractivity contribution >= 4 is 16.9 Å². The largest absolute Gasteiger partial charge is 0.352 e. The number of amides is 1. The van der Waals surface area contributed by atoms with Gasteiger partial charge in [0.25, 0.3) is 0 Å². The van der Waals surface area contributed by atoms with Crippen molar-refractivity contribution in [2.75, 3.05) is 0 Å². The van der Waals surface area contributed by atoms with Crippen molar-refractivity contribution in [3.05, 3.63) is 69.6 Å². The zero-order chi connectivity index (χ0) is 16.2. The van der Waals surface area contributed by atoms with E-state index in [2.05, 4.69) is 34.3 Å². The van der Waals surface area contributed by atoms with Gasteiger partial charge in [0, 0.05) is 13.0 Å². The van der Waals surface area contributed by atoms with Crippen LogP contribution in [-0.4, -0.2) is 15.9 Å². The number of H-pyrrole nitrogens is 2. The molecule has 1 aromatic heterocycles. The van der Waals surface area contributed by atoms with E-state index in [9.17, 15) is 9.59 Å². The number of aryl methyl sites for hydroxylation is 2. The van der Waals surface area contributed by atoms with E-state index in [1.165, 1.54) is 11.1 Å². The Morgan fingerprint density at radius 2 is 1.87 bits per heavy atom. The first kappa shape index (κ1) is 15.1. The lowest BCUT2D eigenvalue weighted by Crippen LogP contribution is -2.23. The Bertz CT molecular complexity index is 892. The second kappa shape index (κ2) is 6.52. The van der Waals surface area contributed by atoms with Crippen LogP contribution in [0.15, 0.2) is 47.3 Å². The minimum Gasteiger partial charge on any atom is -0.352 e. The van der Waals surface area contributed by atoms with Gasteiger partial charge in [-0.2, -0.15) is 0 Å². The molecule has 5 heteroatoms. The summed E-state index contributed by atoms with van der Waals surface area (Å²) >= 11 is 0. The maximum absolute atomic E-state index is 12.0. The Kier molecular flexibility index (Phi) is 4.28. The van der Waals surface area contributed by atoms with Gasteiger partial charge in [0.15, 0.2) is 0 Å². The minimum absolute atomic E-state index is 0.0240. The fraction of sp³-hybridized carbons (Fsp3) is 0.222. The van der Waals surface area contributed by atoms with Gasteiger partial charge in [-0.3, -0.25) is 4.79 Å². The fourth-order valence-electron chi connectivity index (χ4n) is 2.62. The van der Waals surface area contributed by atoms with Crippen LogP contribution in [0.25, 0.3) is 11.0 Å². The number of aromatic nitrogens is 2. The van der Waals surface area contributed by atoms with Crippen molar-refractivity contribution in [2.45, 2.75) is 26.3 Å². The molecule has 3 N–H and O–H groups in total. The van der Waals surface area contributed by atoms with Crippen LogP contribution in [0.2, 0.25) is 0 Å². The predicted molar refractivity (Wildman–Crippen MR) is 90.3 cm³/mol. The number of nitrogens with one attached hydrogen (secondary N) is 3. The molecule has 5 nitrogen and oxygen atoms in total. The molecular formula is C18H19N3O2. The molecule has 0 radical (unpaired) electrons. The van der Waals surface area contributed by atoms with Crippen molar-refractivity contribution in [3.8, 4) is 0 Å². The lowest BCUT2D eigenvalue weighted by Gasteiger charge is -2.07. The Morgan fingerprint density at radius 1 is 1.09 bits per heavy atom. The minimum atomic E-state index is -0.223. The average molecular weight is 309 g/mol. The number of fused-ring (bicyclic) bond motifs is 1. The van der Waals surface area contributed by atoms with Gasteiger partial charge in [-0.05, 0) is 42.2 Å². The molecule has 2 aromatic carbocycles. The number of benzene rings is 2. The van der Waals surface area contributed by atoms with Gasteiger partial charge < -0.3 is 15.3 Å². The van der Waals surface area contributed by atoms with Crippen LogP contribution in [-0.2, 0) is 17.8 Å². The Balaban J connectivity index is 1.55. The van der Waals surface area contributed by atoms with Crippen LogP contribution in [0, 0.1) is 6.92 Å². The highest BCUT2D eigenvalue weighted by atomic mass is 16.1. The van der Waals surface area contributed by atoms with E-state index in [4.69, 9.17) is 0 Å². The van der Waals surface area contributed by atoms with Gasteiger partial charge in [-0.1, -0.05) is 30.3 Å². The first-order valence-electron chi connectivity index (χ1n) is 7.64. The molecule has 0 aliphatic carbocycles. The summed E-state index contributed by atoms with van der Waals surface area (Å²) in [6.45, 7) is 2.51. The zero-order valence-corrected chi connectivity index (χ0v) is 13.0. The SMILES string of the molecule is Cc1ccccc1CCC(=O)NCc1ccc2[nH]c(=O)[nH]c2c1. The quantitative estimate of drug-likeness (QED) is 0.677. The van der Waals surface area contributed by atoms with Gasteiger partial charge in [0.05, 0.1) is 11.0 Å². The number of hydrogen-bond acceptors (Lipinski definition) is 2. The van der Waals surface area contributed by atoms with Crippen molar-refractivity contribution in [1.29, 1.82) is 0 Å². The standard InChI is InChI=1S/C18H19N3O2/c1-12-4-2-3-5-14(12)7-9-17(22)19-11-13-6-8-15-16(10-13)21-18(23)20-15/h2-6,8,10H,7,9,11H2,1H3,(H,19,22)(H2,20,21,23). The molecule has 1 heterocycles. The first-order chi connectivity index (χ1) is 11.1. The van der Waals surface area contributed by atoms with Crippen LogP contribution in [0.4, 0.5) is 0 Å². The molecule has 0 saturated heterocycles. The van der Waals surface area contributed by atoms with E-state index in [1.54, 1.807) is 0 Å². The molecule has 0 atom stereocenters. The van der Waals surface area contributed by atoms with Gasteiger partial charge in [-0.15, -0.1) is 0 Å². The van der Waals surface area contributed by atoms with Crippen molar-refractivity contribution in [1.82, 2.24) is 15.3 Å². The summed E-state index contributed by atoms with van der Waals surface area (Å²) in [5, 5.41) is 2.92. The van der Waals surface area contributed by atoms with E-state index in [-0.39, 0.29) is 11.6 Å². The molecule has 0 saturated carbocycles. The van der Waals surface area contributed by atoms with Crippen LogP contribution in [0.5, 0.6) is 0 Å². The van der Waals surface area contributed by atoms with Crippen LogP contribution in [0.1, 0.15) is 23.1 Å². The number of rotatable bonds is 5. The molecule has 0 unspecified atom stereocenters. The smallest absolute Gasteiger partial charge is 0.323 e. The molecule has 0 aliphatic rings. The normalized spacial score (nSPS) is 10.8. The van der Waals surface area contributed by atoms with E-state index in [1.807, 2.05) is 30.3 Å². The molecule has 3 aromatic rings. The van der Waals surface area contributed by atoms with Crippen LogP contribution >= 0.6 is 0 Å². The van der Waals surface area contributed by atoms with Crippen molar-refractivity contribution < 1.29 is 4.79 Å². The molecule has 1 amide bonds. The molecular weight excluding hydrogens is 290 g/mol. The lowest BCUT2D eigenvalue weighted by atomic mass is 10.0. The van der Waals surface area contributed by atoms with Crippen LogP contribution in [0.3, 0.4) is 0 Å². The van der Waals surface area contributed by atoms with E-state index < -0.39 is 0 Å². The number of carbonyl (C=O) groups excluding carboxylic acids is 1. The van der Waals surface area contributed by atoms with Gasteiger partial charge in [0.2, 0.25) is 5.91 Å². The van der Waals surface area contributed by atoms with Crippen molar-refractivity contribution in [3.63, 3.8) is 0 Å². The number of imidazole rings is 1. The molecule has 0 bridgehead atoms. The molecule has 23 heavy (non-hydrogen) atoms. The Morgan fingerprint density at radius 3 is 2.70 bits per heavy atom. The second-order valence-electron chi connectivity index (χ2n) is 5.66. The lowest BCUT2D eigenvalue weighted by molar-refractivity contribution is -0.121. The molecule has 118 valence electrons. The van der Waals surface area contributed by atoms with E-state index in [0.717, 1.165) is 23.0 Å². The highest BCUT2D eigenvalue weighted by Crippen LogP contribution is 2.11. The van der Waals surface area contributed by atoms with E-state index in [0.29, 0.717) is 13.0 Å². The maximum Gasteiger partial charge on any atom is 0.323 e. The summed E-state index contributed by atoms with van der Waals surface area (Å²) < 4.78 is 0. The third-order valence-electron chi connectivity index (χ3n) is 3.95. The molecule has 0 spiro atoms. The summed E-state index contributed by atoms with van der Waals surface area (Å²) in [6.07, 6.45) is 1.21. The monoisotopic (exact) mass is 309 g/mol. The fourth-order valence-corrected chi connectivity index (χ4v) is 2.62. The van der Waals surface area contributed by atoms with Gasteiger partial charge in [-0.25, -0.2) is 4.79 Å². The Hall–Kier alpha value is -2.82. The maximum atomic E-state index is 12.0. The molecule has 0 aliphatic heterocycles. The summed E-state index contributed by atoms with van der Waals surface area (Å²) in [4.78, 5) is 28.6. The number of carbonyl (C=O) groups is 1. The molecule has 0 fully saturated rings. The summed E-state index contributed by atoms with van der Waals surface area (Å²) in [7, 11) is 0. The van der Waals surface area contributed by atoms with Gasteiger partial charge in [0.1, 0.15) is 0 Å². The van der Waals surface area contributed by atoms with Crippen molar-refractivity contribution in [2.24, 2.45) is 0 Å². The second-order valence-corrected chi connectivity index (χ2v) is 5.66. The highest BCUT2D eigenvalue weighted by Gasteiger charge is 2.05. The third kappa shape index (κ3) is 3.69. The Labute approximate surface area is 133 Å². The number of hydrogen-bond donors (Lipinski definition) is 3. The highest BCUT2D eigenvalue weighted by molar-refractivity contribution is 5.77. The van der Waals surface area contributed by atoms with Gasteiger partial charge >= 0.3 is 5.69 Å². The summed E-state index contributed by atoms with van der Waals surface area (Å²) in [5.41, 5.74) is 4.67. The average Bonchev–Trinajstić information content (AvgIpc) is 2.91. The van der Waals surface area contributed by atoms with Crippen LogP contribution < -0.4 is 11.0 Å².